The summed E-state index contributed by atoms with van der Waals surface area (Å²) in [6.07, 6.45) is 6.92. The first-order chi connectivity index (χ1) is 7.32. The van der Waals surface area contributed by atoms with Crippen molar-refractivity contribution in [3.8, 4) is 0 Å². The second-order valence-corrected chi connectivity index (χ2v) is 5.59. The molecule has 0 spiro atoms. The van der Waals surface area contributed by atoms with E-state index in [9.17, 15) is 0 Å². The Morgan fingerprint density at radius 1 is 1.25 bits per heavy atom. The van der Waals surface area contributed by atoms with Crippen molar-refractivity contribution in [3.63, 3.8) is 0 Å². The van der Waals surface area contributed by atoms with Crippen molar-refractivity contribution in [2.24, 2.45) is 5.73 Å². The summed E-state index contributed by atoms with van der Waals surface area (Å²) < 4.78 is 12.0. The van der Waals surface area contributed by atoms with Crippen LogP contribution in [0.15, 0.2) is 23.9 Å². The predicted octanol–water partition coefficient (Wildman–Crippen LogP) is 2.25. The maximum Gasteiger partial charge on any atom is 0.465 e. The van der Waals surface area contributed by atoms with E-state index in [0.717, 1.165) is 12.1 Å². The fourth-order valence-corrected chi connectivity index (χ4v) is 1.92. The van der Waals surface area contributed by atoms with Gasteiger partial charge in [0.1, 0.15) is 0 Å². The van der Waals surface area contributed by atoms with Gasteiger partial charge in [0.15, 0.2) is 0 Å². The van der Waals surface area contributed by atoms with Crippen LogP contribution in [0.1, 0.15) is 34.1 Å². The van der Waals surface area contributed by atoms with E-state index in [1.165, 1.54) is 0 Å². The standard InChI is InChI=1S/C12H20BNO2/c1-11(2)12(3,4)16-13(15-11)9-5-7-10(14)8-6-9/h5,7-9H,6,14H2,1-4H3. The molecule has 1 saturated heterocycles. The van der Waals surface area contributed by atoms with Gasteiger partial charge >= 0.3 is 7.12 Å². The van der Waals surface area contributed by atoms with Crippen LogP contribution >= 0.6 is 0 Å². The summed E-state index contributed by atoms with van der Waals surface area (Å²) in [5, 5.41) is 0. The fourth-order valence-electron chi connectivity index (χ4n) is 1.92. The molecule has 2 rings (SSSR count). The van der Waals surface area contributed by atoms with Gasteiger partial charge in [0.05, 0.1) is 11.2 Å². The minimum absolute atomic E-state index is 0.161. The average Bonchev–Trinajstić information content (AvgIpc) is 2.37. The van der Waals surface area contributed by atoms with E-state index in [-0.39, 0.29) is 24.1 Å². The normalized spacial score (nSPS) is 31.6. The Hall–Kier alpha value is -0.735. The van der Waals surface area contributed by atoms with Gasteiger partial charge < -0.3 is 15.0 Å². The topological polar surface area (TPSA) is 44.5 Å². The van der Waals surface area contributed by atoms with Crippen molar-refractivity contribution in [2.75, 3.05) is 0 Å². The Bertz CT molecular complexity index is 331. The molecule has 0 bridgehead atoms. The number of hydrogen-bond donors (Lipinski definition) is 1. The minimum Gasteiger partial charge on any atom is -0.403 e. The molecule has 0 aromatic heterocycles. The Labute approximate surface area is 97.8 Å². The van der Waals surface area contributed by atoms with Crippen LogP contribution in [0.4, 0.5) is 0 Å². The van der Waals surface area contributed by atoms with E-state index in [2.05, 4.69) is 33.8 Å². The van der Waals surface area contributed by atoms with Crippen molar-refractivity contribution >= 4 is 7.12 Å². The van der Waals surface area contributed by atoms with Crippen LogP contribution in [0, 0.1) is 0 Å². The van der Waals surface area contributed by atoms with E-state index in [0.29, 0.717) is 0 Å². The molecule has 1 heterocycles. The number of hydrogen-bond acceptors (Lipinski definition) is 3. The largest absolute Gasteiger partial charge is 0.465 e. The average molecular weight is 221 g/mol. The van der Waals surface area contributed by atoms with E-state index in [4.69, 9.17) is 15.0 Å². The maximum atomic E-state index is 6.00. The third kappa shape index (κ3) is 1.92. The molecular weight excluding hydrogens is 201 g/mol. The highest BCUT2D eigenvalue weighted by Gasteiger charge is 2.53. The van der Waals surface area contributed by atoms with Crippen LogP contribution in [0.5, 0.6) is 0 Å². The molecule has 1 aliphatic heterocycles. The summed E-state index contributed by atoms with van der Waals surface area (Å²) in [7, 11) is -0.161. The van der Waals surface area contributed by atoms with Crippen LogP contribution in [0.25, 0.3) is 0 Å². The van der Waals surface area contributed by atoms with Crippen LogP contribution in [0.3, 0.4) is 0 Å². The maximum absolute atomic E-state index is 6.00. The lowest BCUT2D eigenvalue weighted by Gasteiger charge is -2.32. The molecule has 1 unspecified atom stereocenters. The van der Waals surface area contributed by atoms with Crippen molar-refractivity contribution in [1.29, 1.82) is 0 Å². The van der Waals surface area contributed by atoms with Gasteiger partial charge in [-0.25, -0.2) is 0 Å². The van der Waals surface area contributed by atoms with Crippen LogP contribution in [0.2, 0.25) is 5.82 Å². The molecule has 88 valence electrons. The third-order valence-corrected chi connectivity index (χ3v) is 3.78. The van der Waals surface area contributed by atoms with Crippen LogP contribution in [-0.2, 0) is 9.31 Å². The quantitative estimate of drug-likeness (QED) is 0.690. The molecule has 1 fully saturated rings. The van der Waals surface area contributed by atoms with E-state index in [1.807, 2.05) is 12.2 Å². The Kier molecular flexibility index (Phi) is 2.67. The number of allylic oxidation sites excluding steroid dienone is 3. The van der Waals surface area contributed by atoms with Gasteiger partial charge in [0.2, 0.25) is 0 Å². The zero-order chi connectivity index (χ0) is 12.0. The molecule has 2 aliphatic rings. The lowest BCUT2D eigenvalue weighted by Crippen LogP contribution is -2.41. The van der Waals surface area contributed by atoms with Crippen molar-refractivity contribution < 1.29 is 9.31 Å². The summed E-state index contributed by atoms with van der Waals surface area (Å²) in [4.78, 5) is 0. The zero-order valence-electron chi connectivity index (χ0n) is 10.5. The molecule has 0 saturated carbocycles. The molecule has 0 radical (unpaired) electrons. The fraction of sp³-hybridized carbons (Fsp3) is 0.667. The lowest BCUT2D eigenvalue weighted by atomic mass is 9.68. The Morgan fingerprint density at radius 3 is 2.25 bits per heavy atom. The predicted molar refractivity (Wildman–Crippen MR) is 65.9 cm³/mol. The van der Waals surface area contributed by atoms with Gasteiger partial charge in [-0.15, -0.1) is 0 Å². The Morgan fingerprint density at radius 2 is 1.81 bits per heavy atom. The summed E-state index contributed by atoms with van der Waals surface area (Å²) in [5.41, 5.74) is 6.02. The van der Waals surface area contributed by atoms with E-state index < -0.39 is 0 Å². The van der Waals surface area contributed by atoms with Crippen molar-refractivity contribution in [2.45, 2.75) is 51.1 Å². The van der Waals surface area contributed by atoms with E-state index in [1.54, 1.807) is 0 Å². The number of nitrogens with two attached hydrogens (primary N) is 1. The van der Waals surface area contributed by atoms with Crippen LogP contribution < -0.4 is 5.73 Å². The number of rotatable bonds is 1. The molecule has 3 nitrogen and oxygen atoms in total. The van der Waals surface area contributed by atoms with Gasteiger partial charge in [-0.2, -0.15) is 0 Å². The second kappa shape index (κ2) is 3.64. The molecule has 1 aliphatic carbocycles. The van der Waals surface area contributed by atoms with Crippen molar-refractivity contribution in [1.82, 2.24) is 0 Å². The smallest absolute Gasteiger partial charge is 0.403 e. The molecule has 0 aromatic carbocycles. The first kappa shape index (κ1) is 11.7. The van der Waals surface area contributed by atoms with Crippen molar-refractivity contribution in [3.05, 3.63) is 23.9 Å². The van der Waals surface area contributed by atoms with Crippen LogP contribution in [-0.4, -0.2) is 18.3 Å². The monoisotopic (exact) mass is 221 g/mol. The molecule has 1 atom stereocenters. The first-order valence-corrected chi connectivity index (χ1v) is 5.81. The minimum atomic E-state index is -0.252. The molecular formula is C12H20BNO2. The highest BCUT2D eigenvalue weighted by molar-refractivity contribution is 6.48. The van der Waals surface area contributed by atoms with Gasteiger partial charge in [0.25, 0.3) is 0 Å². The highest BCUT2D eigenvalue weighted by Crippen LogP contribution is 2.41. The van der Waals surface area contributed by atoms with Gasteiger partial charge in [0, 0.05) is 11.5 Å². The summed E-state index contributed by atoms with van der Waals surface area (Å²) >= 11 is 0. The SMILES string of the molecule is CC1(C)OB(C2C=CC(N)=CC2)OC1(C)C. The Balaban J connectivity index is 2.08. The molecule has 0 aromatic rings. The summed E-state index contributed by atoms with van der Waals surface area (Å²) in [6.45, 7) is 8.29. The third-order valence-electron chi connectivity index (χ3n) is 3.78. The molecule has 0 amide bonds. The second-order valence-electron chi connectivity index (χ2n) is 5.59. The first-order valence-electron chi connectivity index (χ1n) is 5.81. The summed E-state index contributed by atoms with van der Waals surface area (Å²) in [5.74, 6) is 0.272. The zero-order valence-corrected chi connectivity index (χ0v) is 10.5. The van der Waals surface area contributed by atoms with Gasteiger partial charge in [-0.3, -0.25) is 0 Å². The molecule has 2 N–H and O–H groups in total. The van der Waals surface area contributed by atoms with Gasteiger partial charge in [-0.1, -0.05) is 12.2 Å². The molecule has 16 heavy (non-hydrogen) atoms. The highest BCUT2D eigenvalue weighted by atomic mass is 16.7. The van der Waals surface area contributed by atoms with E-state index >= 15 is 0 Å². The van der Waals surface area contributed by atoms with Gasteiger partial charge in [-0.05, 0) is 40.2 Å². The lowest BCUT2D eigenvalue weighted by molar-refractivity contribution is 0.00578. The summed E-state index contributed by atoms with van der Waals surface area (Å²) in [6, 6.07) is 0. The molecule has 4 heteroatoms.